The topological polar surface area (TPSA) is 23.5 Å². The predicted molar refractivity (Wildman–Crippen MR) is 87.6 cm³/mol. The molecule has 0 bridgehead atoms. The minimum Gasteiger partial charge on any atom is -0.393 e. The van der Waals surface area contributed by atoms with Crippen molar-refractivity contribution in [2.24, 2.45) is 0 Å². The third-order valence-electron chi connectivity index (χ3n) is 5.69. The van der Waals surface area contributed by atoms with Crippen LogP contribution in [0.3, 0.4) is 0 Å². The van der Waals surface area contributed by atoms with Crippen molar-refractivity contribution in [3.05, 3.63) is 35.4 Å². The average Bonchev–Trinajstić information content (AvgIpc) is 2.97. The second-order valence-corrected chi connectivity index (χ2v) is 7.18. The first-order chi connectivity index (χ1) is 10.2. The van der Waals surface area contributed by atoms with E-state index in [0.29, 0.717) is 5.41 Å². The van der Waals surface area contributed by atoms with Gasteiger partial charge in [0.25, 0.3) is 0 Å². The van der Waals surface area contributed by atoms with Crippen LogP contribution >= 0.6 is 0 Å². The Hall–Kier alpha value is -0.860. The number of hydrogen-bond donors (Lipinski definition) is 1. The highest BCUT2D eigenvalue weighted by atomic mass is 16.3. The number of aliphatic hydroxyl groups is 1. The van der Waals surface area contributed by atoms with Crippen LogP contribution in [0.4, 0.5) is 0 Å². The second-order valence-electron chi connectivity index (χ2n) is 7.18. The first kappa shape index (κ1) is 15.1. The van der Waals surface area contributed by atoms with Gasteiger partial charge >= 0.3 is 0 Å². The molecule has 0 spiro atoms. The molecule has 1 aromatic carbocycles. The number of nitrogens with zero attached hydrogens (tertiary/aromatic N) is 1. The van der Waals surface area contributed by atoms with Crippen molar-refractivity contribution >= 4 is 0 Å². The highest BCUT2D eigenvalue weighted by Crippen LogP contribution is 2.44. The molecule has 1 saturated heterocycles. The zero-order valence-corrected chi connectivity index (χ0v) is 13.4. The van der Waals surface area contributed by atoms with Crippen molar-refractivity contribution < 1.29 is 5.11 Å². The van der Waals surface area contributed by atoms with Crippen molar-refractivity contribution in [3.8, 4) is 0 Å². The molecule has 2 heteroatoms. The zero-order valence-electron chi connectivity index (χ0n) is 13.4. The van der Waals surface area contributed by atoms with Gasteiger partial charge in [0.1, 0.15) is 0 Å². The van der Waals surface area contributed by atoms with Crippen LogP contribution in [0.25, 0.3) is 0 Å². The van der Waals surface area contributed by atoms with E-state index >= 15 is 0 Å². The van der Waals surface area contributed by atoms with Crippen LogP contribution in [0.15, 0.2) is 24.3 Å². The molecule has 0 amide bonds. The Labute approximate surface area is 129 Å². The summed E-state index contributed by atoms with van der Waals surface area (Å²) in [6, 6.07) is 9.26. The number of hydrogen-bond acceptors (Lipinski definition) is 2. The molecule has 1 aliphatic heterocycles. The van der Waals surface area contributed by atoms with Gasteiger partial charge in [0.2, 0.25) is 0 Å². The monoisotopic (exact) mass is 287 g/mol. The molecule has 1 saturated carbocycles. The van der Waals surface area contributed by atoms with Gasteiger partial charge in [-0.15, -0.1) is 0 Å². The molecule has 0 atom stereocenters. The Morgan fingerprint density at radius 1 is 1.10 bits per heavy atom. The van der Waals surface area contributed by atoms with Crippen LogP contribution in [0.5, 0.6) is 0 Å². The molecule has 1 aromatic rings. The van der Waals surface area contributed by atoms with E-state index in [9.17, 15) is 5.11 Å². The lowest BCUT2D eigenvalue weighted by Crippen LogP contribution is -2.38. The molecule has 0 unspecified atom stereocenters. The van der Waals surface area contributed by atoms with Crippen molar-refractivity contribution in [1.29, 1.82) is 0 Å². The molecule has 1 aliphatic carbocycles. The first-order valence-electron chi connectivity index (χ1n) is 8.66. The molecule has 0 aromatic heterocycles. The summed E-state index contributed by atoms with van der Waals surface area (Å²) in [5, 5.41) is 9.63. The van der Waals surface area contributed by atoms with Gasteiger partial charge in [-0.05, 0) is 56.6 Å². The van der Waals surface area contributed by atoms with E-state index in [0.717, 1.165) is 25.9 Å². The Bertz CT molecular complexity index is 439. The summed E-state index contributed by atoms with van der Waals surface area (Å²) in [6.07, 6.45) is 8.61. The maximum absolute atomic E-state index is 9.63. The summed E-state index contributed by atoms with van der Waals surface area (Å²) in [6.45, 7) is 5.51. The summed E-state index contributed by atoms with van der Waals surface area (Å²) in [5.74, 6) is 0. The van der Waals surface area contributed by atoms with Gasteiger partial charge < -0.3 is 10.0 Å². The average molecular weight is 287 g/mol. The Kier molecular flexibility index (Phi) is 4.66. The number of rotatable bonds is 4. The van der Waals surface area contributed by atoms with Crippen molar-refractivity contribution in [3.63, 3.8) is 0 Å². The number of piperidine rings is 1. The molecule has 0 radical (unpaired) electrons. The Morgan fingerprint density at radius 2 is 1.71 bits per heavy atom. The Morgan fingerprint density at radius 3 is 2.33 bits per heavy atom. The quantitative estimate of drug-likeness (QED) is 0.913. The summed E-state index contributed by atoms with van der Waals surface area (Å²) in [4.78, 5) is 2.56. The van der Waals surface area contributed by atoms with Gasteiger partial charge in [-0.3, -0.25) is 0 Å². The van der Waals surface area contributed by atoms with E-state index in [-0.39, 0.29) is 6.10 Å². The third kappa shape index (κ3) is 3.49. The summed E-state index contributed by atoms with van der Waals surface area (Å²) in [5.41, 5.74) is 3.34. The smallest absolute Gasteiger partial charge is 0.0564 e. The second kappa shape index (κ2) is 6.50. The molecule has 1 N–H and O–H groups in total. The summed E-state index contributed by atoms with van der Waals surface area (Å²) in [7, 11) is 0. The van der Waals surface area contributed by atoms with Gasteiger partial charge in [-0.25, -0.2) is 0 Å². The SMILES string of the molecule is Cc1ccc(C2(CCN3CCC(O)CC3)CCCC2)cc1. The third-order valence-corrected chi connectivity index (χ3v) is 5.69. The lowest BCUT2D eigenvalue weighted by atomic mass is 9.75. The van der Waals surface area contributed by atoms with Crippen LogP contribution in [-0.4, -0.2) is 35.7 Å². The number of likely N-dealkylation sites (tertiary alicyclic amines) is 1. The molecular formula is C19H29NO. The fourth-order valence-corrected chi connectivity index (χ4v) is 4.16. The molecular weight excluding hydrogens is 258 g/mol. The van der Waals surface area contributed by atoms with Gasteiger partial charge in [0.15, 0.2) is 0 Å². The molecule has 21 heavy (non-hydrogen) atoms. The maximum atomic E-state index is 9.63. The summed E-state index contributed by atoms with van der Waals surface area (Å²) < 4.78 is 0. The number of aliphatic hydroxyl groups excluding tert-OH is 1. The molecule has 2 fully saturated rings. The van der Waals surface area contributed by atoms with E-state index < -0.39 is 0 Å². The molecule has 1 heterocycles. The maximum Gasteiger partial charge on any atom is 0.0564 e. The van der Waals surface area contributed by atoms with Gasteiger partial charge in [-0.1, -0.05) is 42.7 Å². The predicted octanol–water partition coefficient (Wildman–Crippen LogP) is 3.65. The number of benzene rings is 1. The standard InChI is InChI=1S/C19H29NO/c1-16-4-6-17(7-5-16)19(10-2-3-11-19)12-15-20-13-8-18(21)9-14-20/h4-7,18,21H,2-3,8-15H2,1H3. The lowest BCUT2D eigenvalue weighted by Gasteiger charge is -2.35. The highest BCUT2D eigenvalue weighted by molar-refractivity contribution is 5.29. The fraction of sp³-hybridized carbons (Fsp3) is 0.684. The van der Waals surface area contributed by atoms with E-state index in [1.807, 2.05) is 0 Å². The van der Waals surface area contributed by atoms with Crippen molar-refractivity contribution in [2.75, 3.05) is 19.6 Å². The normalized spacial score (nSPS) is 23.5. The molecule has 3 rings (SSSR count). The van der Waals surface area contributed by atoms with E-state index in [1.54, 1.807) is 5.56 Å². The number of aryl methyl sites for hydroxylation is 1. The van der Waals surface area contributed by atoms with Gasteiger partial charge in [0, 0.05) is 13.1 Å². The van der Waals surface area contributed by atoms with Gasteiger partial charge in [0.05, 0.1) is 6.10 Å². The minimum absolute atomic E-state index is 0.0567. The fourth-order valence-electron chi connectivity index (χ4n) is 4.16. The summed E-state index contributed by atoms with van der Waals surface area (Å²) >= 11 is 0. The van der Waals surface area contributed by atoms with E-state index in [1.165, 1.54) is 44.2 Å². The largest absolute Gasteiger partial charge is 0.393 e. The molecule has 2 aliphatic rings. The van der Waals surface area contributed by atoms with E-state index in [2.05, 4.69) is 36.1 Å². The van der Waals surface area contributed by atoms with Gasteiger partial charge in [-0.2, -0.15) is 0 Å². The van der Waals surface area contributed by atoms with Crippen LogP contribution in [-0.2, 0) is 5.41 Å². The first-order valence-corrected chi connectivity index (χ1v) is 8.66. The van der Waals surface area contributed by atoms with Crippen LogP contribution in [0.1, 0.15) is 56.1 Å². The van der Waals surface area contributed by atoms with Crippen LogP contribution in [0, 0.1) is 6.92 Å². The minimum atomic E-state index is -0.0567. The highest BCUT2D eigenvalue weighted by Gasteiger charge is 2.35. The van der Waals surface area contributed by atoms with Crippen molar-refractivity contribution in [2.45, 2.75) is 63.4 Å². The molecule has 2 nitrogen and oxygen atoms in total. The Balaban J connectivity index is 1.65. The zero-order chi connectivity index (χ0) is 14.7. The lowest BCUT2D eigenvalue weighted by molar-refractivity contribution is 0.0785. The van der Waals surface area contributed by atoms with Crippen LogP contribution < -0.4 is 0 Å². The molecule has 116 valence electrons. The van der Waals surface area contributed by atoms with Crippen molar-refractivity contribution in [1.82, 2.24) is 4.90 Å². The van der Waals surface area contributed by atoms with Crippen LogP contribution in [0.2, 0.25) is 0 Å². The van der Waals surface area contributed by atoms with E-state index in [4.69, 9.17) is 0 Å².